The van der Waals surface area contributed by atoms with Gasteiger partial charge in [0.2, 0.25) is 0 Å². The van der Waals surface area contributed by atoms with E-state index in [1.54, 1.807) is 0 Å². The first-order chi connectivity index (χ1) is 20.7. The highest BCUT2D eigenvalue weighted by molar-refractivity contribution is 6.18. The Labute approximate surface area is 258 Å². The van der Waals surface area contributed by atoms with Crippen molar-refractivity contribution in [2.24, 2.45) is 0 Å². The van der Waals surface area contributed by atoms with Crippen molar-refractivity contribution in [1.82, 2.24) is 19.9 Å². The minimum atomic E-state index is 0. The number of hydrogen-bond donors (Lipinski definition) is 2. The van der Waals surface area contributed by atoms with Crippen molar-refractivity contribution in [3.05, 3.63) is 132 Å². The van der Waals surface area contributed by atoms with Crippen LogP contribution in [0.2, 0.25) is 0 Å². The fraction of sp³-hybridized carbons (Fsp3) is 0. The van der Waals surface area contributed by atoms with Gasteiger partial charge in [-0.1, -0.05) is 54.6 Å². The maximum Gasteiger partial charge on any atom is 0.187 e. The Hall–Kier alpha value is -5.21. The number of fused-ring (bicyclic) bond motifs is 12. The van der Waals surface area contributed by atoms with Gasteiger partial charge in [0.1, 0.15) is 0 Å². The highest BCUT2D eigenvalue weighted by atomic mass is 27.0. The van der Waals surface area contributed by atoms with E-state index in [1.165, 1.54) is 32.3 Å². The molecule has 0 saturated carbocycles. The molecule has 0 aliphatic carbocycles. The van der Waals surface area contributed by atoms with E-state index < -0.39 is 0 Å². The van der Waals surface area contributed by atoms with E-state index >= 15 is 0 Å². The fourth-order valence-corrected chi connectivity index (χ4v) is 6.30. The zero-order chi connectivity index (χ0) is 27.6. The molecule has 4 nitrogen and oxygen atoms in total. The van der Waals surface area contributed by atoms with Gasteiger partial charge in [-0.25, -0.2) is 9.97 Å². The van der Waals surface area contributed by atoms with Gasteiger partial charge >= 0.3 is 0 Å². The SMILES string of the molecule is C1=Cc2cc3ccc([nH]3)c(-c3cccc4ccc5cc6ccccc6cc5c34)c3nc(cc4ccc(cc1n2)[nH]4)C=C3.[AlH3]. The monoisotopic (exact) mass is 566 g/mol. The van der Waals surface area contributed by atoms with Crippen molar-refractivity contribution < 1.29 is 0 Å². The first-order valence-electron chi connectivity index (χ1n) is 14.2. The summed E-state index contributed by atoms with van der Waals surface area (Å²) >= 11 is 0. The van der Waals surface area contributed by atoms with Gasteiger partial charge in [-0.05, 0) is 117 Å². The van der Waals surface area contributed by atoms with Gasteiger partial charge < -0.3 is 9.97 Å². The van der Waals surface area contributed by atoms with Crippen LogP contribution < -0.4 is 0 Å². The van der Waals surface area contributed by atoms with Crippen LogP contribution in [0.1, 0.15) is 22.8 Å². The van der Waals surface area contributed by atoms with Gasteiger partial charge in [0, 0.05) is 27.6 Å². The summed E-state index contributed by atoms with van der Waals surface area (Å²) in [7, 11) is 0. The summed E-state index contributed by atoms with van der Waals surface area (Å²) in [4.78, 5) is 17.1. The molecule has 0 spiro atoms. The summed E-state index contributed by atoms with van der Waals surface area (Å²) in [6, 6.07) is 38.9. The summed E-state index contributed by atoms with van der Waals surface area (Å²) in [5, 5.41) is 7.38. The Morgan fingerprint density at radius 1 is 0.465 bits per heavy atom. The number of aromatic amines is 2. The lowest BCUT2D eigenvalue weighted by molar-refractivity contribution is 1.31. The Bertz CT molecular complexity index is 2480. The van der Waals surface area contributed by atoms with Crippen molar-refractivity contribution in [2.45, 2.75) is 0 Å². The first-order valence-corrected chi connectivity index (χ1v) is 14.2. The largest absolute Gasteiger partial charge is 0.355 e. The lowest BCUT2D eigenvalue weighted by atomic mass is 9.91. The number of aromatic nitrogens is 4. The molecule has 2 N–H and O–H groups in total. The molecule has 5 heteroatoms. The first kappa shape index (κ1) is 25.5. The van der Waals surface area contributed by atoms with Gasteiger partial charge in [-0.2, -0.15) is 0 Å². The fourth-order valence-electron chi connectivity index (χ4n) is 6.30. The van der Waals surface area contributed by atoms with Crippen LogP contribution in [0.25, 0.3) is 89.8 Å². The van der Waals surface area contributed by atoms with Gasteiger partial charge in [0.15, 0.2) is 17.4 Å². The molecule has 7 aromatic rings. The molecule has 9 rings (SSSR count). The minimum Gasteiger partial charge on any atom is -0.355 e. The average Bonchev–Trinajstić information content (AvgIpc) is 3.83. The molecule has 0 amide bonds. The highest BCUT2D eigenvalue weighted by Gasteiger charge is 2.15. The zero-order valence-electron chi connectivity index (χ0n) is 22.6. The number of H-pyrrole nitrogens is 2. The number of nitrogens with zero attached hydrogens (tertiary/aromatic N) is 2. The van der Waals surface area contributed by atoms with E-state index in [0.717, 1.165) is 56.0 Å². The number of benzene rings is 4. The van der Waals surface area contributed by atoms with Gasteiger partial charge in [-0.15, -0.1) is 0 Å². The van der Waals surface area contributed by atoms with Crippen molar-refractivity contribution in [3.63, 3.8) is 0 Å². The maximum atomic E-state index is 5.15. The Balaban J connectivity index is 0.00000278. The van der Waals surface area contributed by atoms with Crippen molar-refractivity contribution >= 4 is 96.0 Å². The normalized spacial score (nSPS) is 12.3. The second-order valence-corrected chi connectivity index (χ2v) is 10.9. The van der Waals surface area contributed by atoms with Gasteiger partial charge in [0.05, 0.1) is 22.8 Å². The number of rotatable bonds is 1. The quantitative estimate of drug-likeness (QED) is 0.119. The van der Waals surface area contributed by atoms with Crippen molar-refractivity contribution in [3.8, 4) is 11.1 Å². The van der Waals surface area contributed by atoms with E-state index in [1.807, 2.05) is 6.08 Å². The van der Waals surface area contributed by atoms with E-state index in [9.17, 15) is 0 Å². The topological polar surface area (TPSA) is 57.4 Å². The molecular weight excluding hydrogens is 539 g/mol. The summed E-state index contributed by atoms with van der Waals surface area (Å²) in [5.41, 5.74) is 9.92. The number of nitrogens with one attached hydrogen (secondary N) is 2. The molecule has 5 heterocycles. The minimum absolute atomic E-state index is 0. The second-order valence-electron chi connectivity index (χ2n) is 10.9. The van der Waals surface area contributed by atoms with E-state index in [-0.39, 0.29) is 17.4 Å². The third-order valence-corrected chi connectivity index (χ3v) is 8.22. The van der Waals surface area contributed by atoms with E-state index in [0.29, 0.717) is 0 Å². The van der Waals surface area contributed by atoms with Crippen LogP contribution in [0.5, 0.6) is 0 Å². The van der Waals surface area contributed by atoms with Gasteiger partial charge in [-0.3, -0.25) is 0 Å². The summed E-state index contributed by atoms with van der Waals surface area (Å²) in [6.45, 7) is 0. The second kappa shape index (κ2) is 9.96. The Kier molecular flexibility index (Phi) is 5.91. The molecule has 0 fully saturated rings. The zero-order valence-corrected chi connectivity index (χ0v) is 22.6. The Morgan fingerprint density at radius 3 is 1.88 bits per heavy atom. The standard InChI is InChI=1S/C38H24N4.Al.3H/c1-2-5-25-19-34-26(18-24(25)4-1)9-8-23-6-3-7-33(37(23)34)38-35-16-14-31(41-35)21-29-12-10-27(39-29)20-28-11-13-30(40-28)22-32-15-17-36(38)42-32;;;;/h1-22,39,42H;;;;. The van der Waals surface area contributed by atoms with Gasteiger partial charge in [0.25, 0.3) is 0 Å². The highest BCUT2D eigenvalue weighted by Crippen LogP contribution is 2.39. The van der Waals surface area contributed by atoms with Crippen molar-refractivity contribution in [1.29, 1.82) is 0 Å². The predicted octanol–water partition coefficient (Wildman–Crippen LogP) is 8.60. The third kappa shape index (κ3) is 4.38. The maximum absolute atomic E-state index is 5.15. The lowest BCUT2D eigenvalue weighted by Gasteiger charge is -2.12. The van der Waals surface area contributed by atoms with Crippen LogP contribution in [-0.4, -0.2) is 37.3 Å². The van der Waals surface area contributed by atoms with Crippen LogP contribution >= 0.6 is 0 Å². The summed E-state index contributed by atoms with van der Waals surface area (Å²) in [6.07, 6.45) is 8.32. The molecule has 3 aromatic heterocycles. The van der Waals surface area contributed by atoms with Crippen LogP contribution in [0, 0.1) is 0 Å². The molecule has 0 atom stereocenters. The molecule has 2 aliphatic heterocycles. The van der Waals surface area contributed by atoms with E-state index in [4.69, 9.17) is 9.97 Å². The van der Waals surface area contributed by atoms with Crippen LogP contribution in [0.4, 0.5) is 0 Å². The van der Waals surface area contributed by atoms with Crippen molar-refractivity contribution in [2.75, 3.05) is 0 Å². The predicted molar refractivity (Wildman–Crippen MR) is 187 cm³/mol. The van der Waals surface area contributed by atoms with Crippen LogP contribution in [0.3, 0.4) is 0 Å². The molecule has 4 aromatic carbocycles. The van der Waals surface area contributed by atoms with Crippen LogP contribution in [0.15, 0.2) is 109 Å². The third-order valence-electron chi connectivity index (χ3n) is 8.22. The average molecular weight is 567 g/mol. The molecule has 43 heavy (non-hydrogen) atoms. The molecule has 202 valence electrons. The summed E-state index contributed by atoms with van der Waals surface area (Å²) in [5.74, 6) is 0. The molecular formula is C38H27AlN4. The van der Waals surface area contributed by atoms with E-state index in [2.05, 4.69) is 137 Å². The number of hydrogen-bond acceptors (Lipinski definition) is 2. The molecule has 0 saturated heterocycles. The Morgan fingerprint density at radius 2 is 1.09 bits per heavy atom. The lowest BCUT2D eigenvalue weighted by Crippen LogP contribution is -1.89. The molecule has 8 bridgehead atoms. The summed E-state index contributed by atoms with van der Waals surface area (Å²) < 4.78 is 0. The molecule has 0 unspecified atom stereocenters. The smallest absolute Gasteiger partial charge is 0.187 e. The molecule has 0 radical (unpaired) electrons. The molecule has 2 aliphatic rings. The van der Waals surface area contributed by atoms with Crippen LogP contribution in [-0.2, 0) is 0 Å².